The van der Waals surface area contributed by atoms with Crippen LogP contribution in [0.4, 0.5) is 16.4 Å². The fraction of sp³-hybridized carbons (Fsp3) is 0.269. The lowest BCUT2D eigenvalue weighted by Gasteiger charge is -2.23. The summed E-state index contributed by atoms with van der Waals surface area (Å²) >= 11 is 6.33. The number of aromatic nitrogens is 2. The summed E-state index contributed by atoms with van der Waals surface area (Å²) in [6, 6.07) is 12.8. The van der Waals surface area contributed by atoms with E-state index >= 15 is 0 Å². The topological polar surface area (TPSA) is 106 Å². The van der Waals surface area contributed by atoms with Crippen molar-refractivity contribution in [3.8, 4) is 5.75 Å². The van der Waals surface area contributed by atoms with Crippen molar-refractivity contribution in [2.24, 2.45) is 4.99 Å². The molecule has 0 bridgehead atoms. The van der Waals surface area contributed by atoms with Crippen molar-refractivity contribution in [2.75, 3.05) is 23.9 Å². The molecule has 0 spiro atoms. The predicted molar refractivity (Wildman–Crippen MR) is 138 cm³/mol. The summed E-state index contributed by atoms with van der Waals surface area (Å²) in [6.45, 7) is 5.60. The highest BCUT2D eigenvalue weighted by Gasteiger charge is 2.26. The SMILES string of the molecule is COc1ccc(CN2C(=O)CN=C(c3cnc(NC(=O)OC(C)(C)C)nc3)c3cc(Cl)ccc32)cc1. The van der Waals surface area contributed by atoms with Crippen molar-refractivity contribution in [1.29, 1.82) is 0 Å². The summed E-state index contributed by atoms with van der Waals surface area (Å²) in [5, 5.41) is 3.01. The zero-order valence-electron chi connectivity index (χ0n) is 20.4. The van der Waals surface area contributed by atoms with E-state index in [1.165, 1.54) is 12.4 Å². The largest absolute Gasteiger partial charge is 0.497 e. The van der Waals surface area contributed by atoms with Crippen LogP contribution in [-0.2, 0) is 16.1 Å². The van der Waals surface area contributed by atoms with Gasteiger partial charge >= 0.3 is 6.09 Å². The zero-order chi connectivity index (χ0) is 25.9. The van der Waals surface area contributed by atoms with Crippen LogP contribution in [0.1, 0.15) is 37.5 Å². The average molecular weight is 508 g/mol. The van der Waals surface area contributed by atoms with E-state index in [9.17, 15) is 9.59 Å². The van der Waals surface area contributed by atoms with E-state index in [1.54, 1.807) is 51.0 Å². The maximum atomic E-state index is 13.1. The minimum atomic E-state index is -0.654. The third-order valence-corrected chi connectivity index (χ3v) is 5.45. The Kier molecular flexibility index (Phi) is 7.21. The van der Waals surface area contributed by atoms with Crippen LogP contribution in [-0.4, -0.2) is 46.9 Å². The van der Waals surface area contributed by atoms with Gasteiger partial charge in [0.25, 0.3) is 0 Å². The summed E-state index contributed by atoms with van der Waals surface area (Å²) in [5.41, 5.74) is 2.75. The maximum Gasteiger partial charge on any atom is 0.414 e. The van der Waals surface area contributed by atoms with Gasteiger partial charge in [-0.3, -0.25) is 15.1 Å². The Morgan fingerprint density at radius 2 is 1.81 bits per heavy atom. The number of anilines is 2. The first kappa shape index (κ1) is 25.1. The number of aliphatic imine (C=N–C) groups is 1. The molecule has 0 saturated heterocycles. The molecular formula is C26H26ClN5O4. The number of hydrogen-bond donors (Lipinski definition) is 1. The zero-order valence-corrected chi connectivity index (χ0v) is 21.2. The molecule has 9 nitrogen and oxygen atoms in total. The molecule has 36 heavy (non-hydrogen) atoms. The van der Waals surface area contributed by atoms with Crippen molar-refractivity contribution in [2.45, 2.75) is 32.9 Å². The van der Waals surface area contributed by atoms with Gasteiger partial charge in [0.15, 0.2) is 0 Å². The van der Waals surface area contributed by atoms with Gasteiger partial charge in [-0.05, 0) is 56.7 Å². The molecule has 2 heterocycles. The number of benzene rings is 2. The number of hydrogen-bond acceptors (Lipinski definition) is 7. The third-order valence-electron chi connectivity index (χ3n) is 5.22. The van der Waals surface area contributed by atoms with Gasteiger partial charge in [0.1, 0.15) is 17.9 Å². The van der Waals surface area contributed by atoms with E-state index in [-0.39, 0.29) is 18.4 Å². The average Bonchev–Trinajstić information content (AvgIpc) is 2.95. The molecule has 0 unspecified atom stereocenters. The van der Waals surface area contributed by atoms with Crippen LogP contribution in [0.3, 0.4) is 0 Å². The Hall–Kier alpha value is -3.98. The Morgan fingerprint density at radius 1 is 1.11 bits per heavy atom. The summed E-state index contributed by atoms with van der Waals surface area (Å²) in [4.78, 5) is 39.8. The number of halogens is 1. The van der Waals surface area contributed by atoms with Crippen molar-refractivity contribution >= 4 is 40.9 Å². The third kappa shape index (κ3) is 5.98. The number of methoxy groups -OCH3 is 1. The fourth-order valence-electron chi connectivity index (χ4n) is 3.63. The van der Waals surface area contributed by atoms with Crippen molar-refractivity contribution in [3.63, 3.8) is 0 Å². The van der Waals surface area contributed by atoms with E-state index in [0.717, 1.165) is 11.3 Å². The van der Waals surface area contributed by atoms with Gasteiger partial charge in [-0.1, -0.05) is 23.7 Å². The number of fused-ring (bicyclic) bond motifs is 1. The first-order valence-corrected chi connectivity index (χ1v) is 11.6. The second-order valence-electron chi connectivity index (χ2n) is 9.08. The van der Waals surface area contributed by atoms with E-state index in [2.05, 4.69) is 20.3 Å². The van der Waals surface area contributed by atoms with Gasteiger partial charge in [0.2, 0.25) is 11.9 Å². The van der Waals surface area contributed by atoms with Crippen LogP contribution < -0.4 is 15.0 Å². The first-order chi connectivity index (χ1) is 17.1. The Morgan fingerprint density at radius 3 is 2.44 bits per heavy atom. The van der Waals surface area contributed by atoms with Crippen molar-refractivity contribution < 1.29 is 19.1 Å². The Balaban J connectivity index is 1.63. The van der Waals surface area contributed by atoms with E-state index in [1.807, 2.05) is 24.3 Å². The molecule has 3 aromatic rings. The number of amides is 2. The van der Waals surface area contributed by atoms with Gasteiger partial charge in [0.05, 0.1) is 25.1 Å². The normalized spacial score (nSPS) is 13.4. The van der Waals surface area contributed by atoms with Gasteiger partial charge in [-0.25, -0.2) is 14.8 Å². The molecule has 1 aliphatic rings. The highest BCUT2D eigenvalue weighted by atomic mass is 35.5. The number of benzodiazepines with no additional fused rings is 1. The van der Waals surface area contributed by atoms with Gasteiger partial charge in [-0.2, -0.15) is 0 Å². The Labute approximate surface area is 214 Å². The molecule has 10 heteroatoms. The van der Waals surface area contributed by atoms with E-state index < -0.39 is 11.7 Å². The second-order valence-corrected chi connectivity index (χ2v) is 9.51. The lowest BCUT2D eigenvalue weighted by molar-refractivity contribution is -0.117. The molecular weight excluding hydrogens is 482 g/mol. The molecule has 0 fully saturated rings. The van der Waals surface area contributed by atoms with Crippen LogP contribution in [0.2, 0.25) is 5.02 Å². The number of carbonyl (C=O) groups is 2. The minimum absolute atomic E-state index is 0.0598. The van der Waals surface area contributed by atoms with Gasteiger partial charge < -0.3 is 14.4 Å². The van der Waals surface area contributed by atoms with E-state index in [0.29, 0.717) is 34.1 Å². The number of carbonyl (C=O) groups excluding carboxylic acids is 2. The van der Waals surface area contributed by atoms with Crippen LogP contribution >= 0.6 is 11.6 Å². The first-order valence-electron chi connectivity index (χ1n) is 11.2. The molecule has 1 N–H and O–H groups in total. The summed E-state index contributed by atoms with van der Waals surface area (Å²) < 4.78 is 10.5. The smallest absolute Gasteiger partial charge is 0.414 e. The molecule has 2 aromatic carbocycles. The van der Waals surface area contributed by atoms with Crippen LogP contribution in [0.15, 0.2) is 59.9 Å². The predicted octanol–water partition coefficient (Wildman–Crippen LogP) is 4.87. The summed E-state index contributed by atoms with van der Waals surface area (Å²) in [7, 11) is 1.61. The fourth-order valence-corrected chi connectivity index (χ4v) is 3.80. The summed E-state index contributed by atoms with van der Waals surface area (Å²) in [5.74, 6) is 0.669. The Bertz CT molecular complexity index is 1300. The van der Waals surface area contributed by atoms with E-state index in [4.69, 9.17) is 21.1 Å². The molecule has 0 aliphatic carbocycles. The molecule has 186 valence electrons. The molecule has 1 aromatic heterocycles. The standard InChI is InChI=1S/C26H26ClN5O4/c1-26(2,3)36-25(34)31-24-29-12-17(13-30-24)23-20-11-18(27)7-10-21(20)32(22(33)14-28-23)15-16-5-8-19(35-4)9-6-16/h5-13H,14-15H2,1-4H3,(H,29,30,31,34). The van der Waals surface area contributed by atoms with Crippen molar-refractivity contribution in [3.05, 3.63) is 76.6 Å². The molecule has 1 aliphatic heterocycles. The molecule has 0 saturated carbocycles. The van der Waals surface area contributed by atoms with Crippen molar-refractivity contribution in [1.82, 2.24) is 9.97 Å². The lowest BCUT2D eigenvalue weighted by Crippen LogP contribution is -2.31. The maximum absolute atomic E-state index is 13.1. The molecule has 0 atom stereocenters. The summed E-state index contributed by atoms with van der Waals surface area (Å²) in [6.07, 6.45) is 2.42. The second kappa shape index (κ2) is 10.3. The molecule has 4 rings (SSSR count). The van der Waals surface area contributed by atoms with Crippen LogP contribution in [0, 0.1) is 0 Å². The highest BCUT2D eigenvalue weighted by Crippen LogP contribution is 2.31. The van der Waals surface area contributed by atoms with Crippen LogP contribution in [0.25, 0.3) is 0 Å². The molecule has 2 amide bonds. The lowest BCUT2D eigenvalue weighted by atomic mass is 10.0. The highest BCUT2D eigenvalue weighted by molar-refractivity contribution is 6.32. The van der Waals surface area contributed by atoms with Crippen LogP contribution in [0.5, 0.6) is 5.75 Å². The number of nitrogens with one attached hydrogen (secondary N) is 1. The molecule has 0 radical (unpaired) electrons. The number of rotatable bonds is 5. The monoisotopic (exact) mass is 507 g/mol. The van der Waals surface area contributed by atoms with Gasteiger partial charge in [0, 0.05) is 28.5 Å². The van der Waals surface area contributed by atoms with Gasteiger partial charge in [-0.15, -0.1) is 0 Å². The number of nitrogens with zero attached hydrogens (tertiary/aromatic N) is 4. The minimum Gasteiger partial charge on any atom is -0.497 e. The quantitative estimate of drug-likeness (QED) is 0.528. The number of ether oxygens (including phenoxy) is 2.